The number of esters is 1. The van der Waals surface area contributed by atoms with Crippen LogP contribution in [0.3, 0.4) is 0 Å². The molecule has 2 N–H and O–H groups in total. The second-order valence-corrected chi connectivity index (χ2v) is 9.76. The molecule has 1 aromatic carbocycles. The summed E-state index contributed by atoms with van der Waals surface area (Å²) in [5.74, 6) is -1.48. The smallest absolute Gasteiger partial charge is 0.355 e. The number of aryl methyl sites for hydroxylation is 1. The Balaban J connectivity index is 1.78. The molecule has 2 aromatic rings. The van der Waals surface area contributed by atoms with Crippen LogP contribution in [0.4, 0.5) is 0 Å². The molecule has 3 heterocycles. The number of methoxy groups -OCH3 is 2. The van der Waals surface area contributed by atoms with Gasteiger partial charge in [-0.15, -0.1) is 0 Å². The molecular weight excluding hydrogens is 518 g/mol. The zero-order valence-electron chi connectivity index (χ0n) is 23.7. The van der Waals surface area contributed by atoms with Gasteiger partial charge < -0.3 is 33.9 Å². The number of benzene rings is 1. The van der Waals surface area contributed by atoms with Gasteiger partial charge in [0.1, 0.15) is 11.5 Å². The normalized spacial score (nSPS) is 19.2. The quantitative estimate of drug-likeness (QED) is 0.197. The molecule has 2 aliphatic heterocycles. The van der Waals surface area contributed by atoms with Gasteiger partial charge in [-0.3, -0.25) is 14.5 Å². The van der Waals surface area contributed by atoms with Crippen LogP contribution >= 0.6 is 0 Å². The Morgan fingerprint density at radius 3 is 2.45 bits per heavy atom. The third kappa shape index (κ3) is 5.57. The molecule has 2 aliphatic rings. The molecule has 0 spiro atoms. The van der Waals surface area contributed by atoms with Crippen molar-refractivity contribution < 1.29 is 38.4 Å². The van der Waals surface area contributed by atoms with Crippen molar-refractivity contribution in [1.82, 2.24) is 14.8 Å². The van der Waals surface area contributed by atoms with Gasteiger partial charge in [-0.25, -0.2) is 4.79 Å². The minimum absolute atomic E-state index is 0.0517. The fourth-order valence-corrected chi connectivity index (χ4v) is 5.42. The Hall–Kier alpha value is -3.83. The van der Waals surface area contributed by atoms with E-state index in [1.54, 1.807) is 39.0 Å². The number of likely N-dealkylation sites (tertiary alicyclic amines) is 1. The fraction of sp³-hybridized carbons (Fsp3) is 0.483. The first-order chi connectivity index (χ1) is 19.2. The van der Waals surface area contributed by atoms with E-state index in [1.165, 1.54) is 19.1 Å². The topological polar surface area (TPSA) is 131 Å². The Morgan fingerprint density at radius 2 is 1.80 bits per heavy atom. The van der Waals surface area contributed by atoms with Crippen LogP contribution in [0.5, 0.6) is 11.5 Å². The van der Waals surface area contributed by atoms with E-state index in [0.29, 0.717) is 60.1 Å². The molecule has 11 nitrogen and oxygen atoms in total. The first-order valence-electron chi connectivity index (χ1n) is 13.4. The van der Waals surface area contributed by atoms with E-state index in [2.05, 4.69) is 9.88 Å². The molecule has 0 bridgehead atoms. The maximum atomic E-state index is 13.5. The Labute approximate surface area is 233 Å². The first kappa shape index (κ1) is 29.2. The summed E-state index contributed by atoms with van der Waals surface area (Å²) in [6.07, 6.45) is 0.631. The Kier molecular flexibility index (Phi) is 9.16. The average Bonchev–Trinajstić information content (AvgIpc) is 3.40. The van der Waals surface area contributed by atoms with Crippen LogP contribution in [0.15, 0.2) is 23.8 Å². The van der Waals surface area contributed by atoms with Crippen LogP contribution in [-0.2, 0) is 19.1 Å². The number of ketones is 1. The number of carbonyl (C=O) groups is 3. The van der Waals surface area contributed by atoms with E-state index in [1.807, 2.05) is 0 Å². The molecule has 0 unspecified atom stereocenters. The zero-order chi connectivity index (χ0) is 29.0. The number of aromatic nitrogens is 1. The fourth-order valence-electron chi connectivity index (χ4n) is 5.42. The molecule has 1 aromatic heterocycles. The highest BCUT2D eigenvalue weighted by atomic mass is 16.5. The lowest BCUT2D eigenvalue weighted by Crippen LogP contribution is -2.39. The van der Waals surface area contributed by atoms with Gasteiger partial charge in [-0.2, -0.15) is 0 Å². The van der Waals surface area contributed by atoms with Gasteiger partial charge in [0.2, 0.25) is 0 Å². The van der Waals surface area contributed by atoms with E-state index in [0.717, 1.165) is 19.6 Å². The third-order valence-electron chi connectivity index (χ3n) is 7.39. The summed E-state index contributed by atoms with van der Waals surface area (Å²) in [5, 5.41) is 11.6. The third-order valence-corrected chi connectivity index (χ3v) is 7.39. The second kappa shape index (κ2) is 12.6. The molecule has 4 rings (SSSR count). The van der Waals surface area contributed by atoms with E-state index in [4.69, 9.17) is 18.9 Å². The second-order valence-electron chi connectivity index (χ2n) is 9.76. The van der Waals surface area contributed by atoms with Crippen molar-refractivity contribution in [2.75, 3.05) is 60.2 Å². The number of carbonyl (C=O) groups excluding carboxylic acids is 3. The molecule has 2 saturated heterocycles. The number of nitrogens with zero attached hydrogens (tertiary/aromatic N) is 2. The van der Waals surface area contributed by atoms with Crippen molar-refractivity contribution in [2.24, 2.45) is 0 Å². The highest BCUT2D eigenvalue weighted by molar-refractivity contribution is 6.46. The summed E-state index contributed by atoms with van der Waals surface area (Å²) in [6.45, 7) is 9.24. The first-order valence-corrected chi connectivity index (χ1v) is 13.4. The zero-order valence-corrected chi connectivity index (χ0v) is 23.7. The van der Waals surface area contributed by atoms with E-state index >= 15 is 0 Å². The van der Waals surface area contributed by atoms with Crippen LogP contribution in [0.1, 0.15) is 52.3 Å². The monoisotopic (exact) mass is 555 g/mol. The Bertz CT molecular complexity index is 1310. The number of rotatable bonds is 10. The number of ether oxygens (including phenoxy) is 4. The molecule has 0 radical (unpaired) electrons. The number of H-pyrrole nitrogens is 1. The van der Waals surface area contributed by atoms with E-state index < -0.39 is 23.7 Å². The highest BCUT2D eigenvalue weighted by Crippen LogP contribution is 2.43. The van der Waals surface area contributed by atoms with Gasteiger partial charge in [-0.05, 0) is 50.5 Å². The number of morpholine rings is 1. The SMILES string of the molecule is CCOC(=O)c1[nH]c(C)c(C(O)=C2C(=O)C(=O)N(CCCN3CCOCC3)[C@H]2c2ccc(OC)c(OC)c2)c1C. The molecule has 1 amide bonds. The minimum atomic E-state index is -0.871. The molecule has 0 aliphatic carbocycles. The number of aliphatic hydroxyl groups excluding tert-OH is 1. The van der Waals surface area contributed by atoms with Gasteiger partial charge in [0.15, 0.2) is 11.5 Å². The summed E-state index contributed by atoms with van der Waals surface area (Å²) < 4.78 is 21.4. The average molecular weight is 556 g/mol. The lowest BCUT2D eigenvalue weighted by molar-refractivity contribution is -0.140. The maximum Gasteiger partial charge on any atom is 0.355 e. The molecule has 11 heteroatoms. The summed E-state index contributed by atoms with van der Waals surface area (Å²) >= 11 is 0. The van der Waals surface area contributed by atoms with Crippen LogP contribution < -0.4 is 9.47 Å². The largest absolute Gasteiger partial charge is 0.507 e. The van der Waals surface area contributed by atoms with Gasteiger partial charge in [0.25, 0.3) is 11.7 Å². The van der Waals surface area contributed by atoms with Gasteiger partial charge in [0, 0.05) is 37.4 Å². The van der Waals surface area contributed by atoms with Crippen molar-refractivity contribution in [3.63, 3.8) is 0 Å². The van der Waals surface area contributed by atoms with Crippen LogP contribution in [0, 0.1) is 13.8 Å². The predicted molar refractivity (Wildman–Crippen MR) is 147 cm³/mol. The molecule has 1 atom stereocenters. The van der Waals surface area contributed by atoms with Crippen LogP contribution in [0.2, 0.25) is 0 Å². The lowest BCUT2D eigenvalue weighted by atomic mass is 9.93. The van der Waals surface area contributed by atoms with Crippen molar-refractivity contribution in [1.29, 1.82) is 0 Å². The number of hydrogen-bond donors (Lipinski definition) is 2. The van der Waals surface area contributed by atoms with E-state index in [9.17, 15) is 19.5 Å². The van der Waals surface area contributed by atoms with Crippen molar-refractivity contribution in [3.8, 4) is 11.5 Å². The summed E-state index contributed by atoms with van der Waals surface area (Å²) in [7, 11) is 3.03. The summed E-state index contributed by atoms with van der Waals surface area (Å²) in [6, 6.07) is 4.29. The number of aromatic amines is 1. The standard InChI is InChI=1S/C29H37N3O8/c1-6-40-29(36)24-17(2)22(18(3)30-24)26(33)23-25(19-8-9-20(37-4)21(16-19)38-5)32(28(35)27(23)34)11-7-10-31-12-14-39-15-13-31/h8-9,16,25,30,33H,6-7,10-15H2,1-5H3/t25-/m0/s1. The number of Topliss-reactive ketones (excluding diaryl/α,β-unsaturated/α-hetero) is 1. The molecule has 0 saturated carbocycles. The Morgan fingerprint density at radius 1 is 1.10 bits per heavy atom. The van der Waals surface area contributed by atoms with Gasteiger partial charge in [0.05, 0.1) is 45.7 Å². The number of hydrogen-bond acceptors (Lipinski definition) is 9. The molecule has 216 valence electrons. The molecular formula is C29H37N3O8. The predicted octanol–water partition coefficient (Wildman–Crippen LogP) is 2.97. The van der Waals surface area contributed by atoms with Gasteiger partial charge in [-0.1, -0.05) is 6.07 Å². The summed E-state index contributed by atoms with van der Waals surface area (Å²) in [4.78, 5) is 46.2. The van der Waals surface area contributed by atoms with Crippen molar-refractivity contribution in [2.45, 2.75) is 33.2 Å². The molecule has 2 fully saturated rings. The van der Waals surface area contributed by atoms with Gasteiger partial charge >= 0.3 is 5.97 Å². The number of nitrogens with one attached hydrogen (secondary N) is 1. The maximum absolute atomic E-state index is 13.5. The van der Waals surface area contributed by atoms with Crippen LogP contribution in [0.25, 0.3) is 5.76 Å². The van der Waals surface area contributed by atoms with Crippen molar-refractivity contribution in [3.05, 3.63) is 51.9 Å². The minimum Gasteiger partial charge on any atom is -0.507 e. The van der Waals surface area contributed by atoms with E-state index in [-0.39, 0.29) is 23.6 Å². The number of aliphatic hydroxyl groups is 1. The van der Waals surface area contributed by atoms with Crippen LogP contribution in [-0.4, -0.2) is 97.8 Å². The summed E-state index contributed by atoms with van der Waals surface area (Å²) in [5.41, 5.74) is 1.91. The molecule has 40 heavy (non-hydrogen) atoms. The lowest BCUT2D eigenvalue weighted by Gasteiger charge is -2.29. The van der Waals surface area contributed by atoms with Crippen molar-refractivity contribution >= 4 is 23.4 Å². The number of amides is 1. The highest BCUT2D eigenvalue weighted by Gasteiger charge is 2.46.